The molecule has 0 aliphatic heterocycles. The molecule has 2 rings (SSSR count). The van der Waals surface area contributed by atoms with E-state index >= 15 is 0 Å². The van der Waals surface area contributed by atoms with Gasteiger partial charge in [0.1, 0.15) is 5.75 Å². The second-order valence-electron chi connectivity index (χ2n) is 5.49. The monoisotopic (exact) mass is 347 g/mol. The van der Waals surface area contributed by atoms with Crippen LogP contribution in [0.5, 0.6) is 5.75 Å². The number of aryl methyl sites for hydroxylation is 1. The third-order valence-corrected chi connectivity index (χ3v) is 3.74. The van der Waals surface area contributed by atoms with Crippen molar-refractivity contribution < 1.29 is 4.74 Å². The van der Waals surface area contributed by atoms with Gasteiger partial charge in [-0.05, 0) is 57.1 Å². The molecule has 2 aromatic carbocycles. The Morgan fingerprint density at radius 3 is 2.43 bits per heavy atom. The molecule has 2 aromatic rings. The fourth-order valence-corrected chi connectivity index (χ4v) is 3.14. The Kier molecular flexibility index (Phi) is 5.43. The van der Waals surface area contributed by atoms with Crippen molar-refractivity contribution in [1.29, 1.82) is 0 Å². The van der Waals surface area contributed by atoms with Crippen LogP contribution in [-0.4, -0.2) is 13.2 Å². The summed E-state index contributed by atoms with van der Waals surface area (Å²) >= 11 is 3.58. The highest BCUT2D eigenvalue weighted by Gasteiger charge is 2.17. The van der Waals surface area contributed by atoms with Gasteiger partial charge in [0.15, 0.2) is 0 Å². The van der Waals surface area contributed by atoms with Crippen molar-refractivity contribution in [2.75, 3.05) is 7.05 Å². The minimum atomic E-state index is 0.108. The molecule has 112 valence electrons. The van der Waals surface area contributed by atoms with Crippen molar-refractivity contribution in [3.05, 3.63) is 63.6 Å². The van der Waals surface area contributed by atoms with Crippen molar-refractivity contribution >= 4 is 15.9 Å². The number of hydrogen-bond donors (Lipinski definition) is 1. The lowest BCUT2D eigenvalue weighted by Gasteiger charge is -2.22. The third kappa shape index (κ3) is 4.08. The molecule has 1 N–H and O–H groups in total. The van der Waals surface area contributed by atoms with Crippen LogP contribution in [0.15, 0.2) is 46.9 Å². The summed E-state index contributed by atoms with van der Waals surface area (Å²) in [5.74, 6) is 0.935. The van der Waals surface area contributed by atoms with Crippen molar-refractivity contribution in [2.24, 2.45) is 0 Å². The first-order chi connectivity index (χ1) is 10.0. The Hall–Kier alpha value is -1.32. The molecule has 0 bridgehead atoms. The van der Waals surface area contributed by atoms with Crippen LogP contribution in [-0.2, 0) is 0 Å². The summed E-state index contributed by atoms with van der Waals surface area (Å²) in [6, 6.07) is 14.8. The standard InChI is InChI=1S/C18H22BrNO/c1-12(2)21-17-8-6-5-7-16(17)18(20-4)14-9-13(3)10-15(19)11-14/h5-12,18,20H,1-4H3. The smallest absolute Gasteiger partial charge is 0.124 e. The topological polar surface area (TPSA) is 21.3 Å². The van der Waals surface area contributed by atoms with Crippen LogP contribution < -0.4 is 10.1 Å². The van der Waals surface area contributed by atoms with Crippen molar-refractivity contribution in [1.82, 2.24) is 5.32 Å². The zero-order chi connectivity index (χ0) is 15.4. The third-order valence-electron chi connectivity index (χ3n) is 3.28. The van der Waals surface area contributed by atoms with Gasteiger partial charge >= 0.3 is 0 Å². The molecular weight excluding hydrogens is 326 g/mol. The molecule has 0 amide bonds. The Morgan fingerprint density at radius 2 is 1.81 bits per heavy atom. The lowest BCUT2D eigenvalue weighted by Crippen LogP contribution is -2.19. The van der Waals surface area contributed by atoms with E-state index in [9.17, 15) is 0 Å². The molecule has 0 spiro atoms. The molecule has 0 heterocycles. The van der Waals surface area contributed by atoms with E-state index in [0.29, 0.717) is 0 Å². The molecule has 0 aliphatic carbocycles. The van der Waals surface area contributed by atoms with Crippen LogP contribution in [0.4, 0.5) is 0 Å². The molecule has 2 nitrogen and oxygen atoms in total. The maximum Gasteiger partial charge on any atom is 0.124 e. The zero-order valence-corrected chi connectivity index (χ0v) is 14.6. The molecule has 0 saturated carbocycles. The van der Waals surface area contributed by atoms with Crippen LogP contribution in [0, 0.1) is 6.92 Å². The van der Waals surface area contributed by atoms with Gasteiger partial charge in [-0.3, -0.25) is 0 Å². The van der Waals surface area contributed by atoms with Crippen molar-refractivity contribution in [2.45, 2.75) is 32.9 Å². The minimum Gasteiger partial charge on any atom is -0.491 e. The normalized spacial score (nSPS) is 12.5. The fraction of sp³-hybridized carbons (Fsp3) is 0.333. The second-order valence-corrected chi connectivity index (χ2v) is 6.40. The molecular formula is C18H22BrNO. The first-order valence-corrected chi connectivity index (χ1v) is 8.00. The predicted octanol–water partition coefficient (Wildman–Crippen LogP) is 4.85. The summed E-state index contributed by atoms with van der Waals surface area (Å²) in [6.45, 7) is 6.21. The van der Waals surface area contributed by atoms with E-state index in [0.717, 1.165) is 15.8 Å². The molecule has 21 heavy (non-hydrogen) atoms. The van der Waals surface area contributed by atoms with Crippen LogP contribution >= 0.6 is 15.9 Å². The first-order valence-electron chi connectivity index (χ1n) is 7.21. The Morgan fingerprint density at radius 1 is 1.10 bits per heavy atom. The summed E-state index contributed by atoms with van der Waals surface area (Å²) in [5, 5.41) is 3.40. The van der Waals surface area contributed by atoms with Gasteiger partial charge in [0.25, 0.3) is 0 Å². The maximum atomic E-state index is 5.96. The molecule has 0 saturated heterocycles. The zero-order valence-electron chi connectivity index (χ0n) is 13.0. The maximum absolute atomic E-state index is 5.96. The summed E-state index contributed by atoms with van der Waals surface area (Å²) < 4.78 is 7.06. The van der Waals surface area contributed by atoms with Gasteiger partial charge in [-0.15, -0.1) is 0 Å². The van der Waals surface area contributed by atoms with Crippen LogP contribution in [0.1, 0.15) is 36.6 Å². The van der Waals surface area contributed by atoms with E-state index in [1.54, 1.807) is 0 Å². The first kappa shape index (κ1) is 16.1. The molecule has 1 atom stereocenters. The molecule has 3 heteroatoms. The largest absolute Gasteiger partial charge is 0.491 e. The van der Waals surface area contributed by atoms with Crippen molar-refractivity contribution in [3.8, 4) is 5.75 Å². The summed E-state index contributed by atoms with van der Waals surface area (Å²) in [5.41, 5.74) is 3.62. The Labute approximate surface area is 135 Å². The number of ether oxygens (including phenoxy) is 1. The van der Waals surface area contributed by atoms with Crippen LogP contribution in [0.3, 0.4) is 0 Å². The quantitative estimate of drug-likeness (QED) is 0.834. The van der Waals surface area contributed by atoms with E-state index in [-0.39, 0.29) is 12.1 Å². The summed E-state index contributed by atoms with van der Waals surface area (Å²) in [7, 11) is 1.98. The molecule has 0 radical (unpaired) electrons. The highest BCUT2D eigenvalue weighted by Crippen LogP contribution is 2.32. The van der Waals surface area contributed by atoms with Gasteiger partial charge in [-0.2, -0.15) is 0 Å². The number of para-hydroxylation sites is 1. The second kappa shape index (κ2) is 7.10. The Bertz CT molecular complexity index is 590. The molecule has 0 fully saturated rings. The number of hydrogen-bond acceptors (Lipinski definition) is 2. The highest BCUT2D eigenvalue weighted by atomic mass is 79.9. The average molecular weight is 348 g/mol. The Balaban J connectivity index is 2.46. The van der Waals surface area contributed by atoms with Crippen LogP contribution in [0.25, 0.3) is 0 Å². The van der Waals surface area contributed by atoms with Crippen molar-refractivity contribution in [3.63, 3.8) is 0 Å². The van der Waals surface area contributed by atoms with Crippen LogP contribution in [0.2, 0.25) is 0 Å². The number of benzene rings is 2. The summed E-state index contributed by atoms with van der Waals surface area (Å²) in [4.78, 5) is 0. The summed E-state index contributed by atoms with van der Waals surface area (Å²) in [6.07, 6.45) is 0.160. The molecule has 0 aliphatic rings. The van der Waals surface area contributed by atoms with Gasteiger partial charge in [0.05, 0.1) is 12.1 Å². The van der Waals surface area contributed by atoms with Gasteiger partial charge in [0, 0.05) is 10.0 Å². The van der Waals surface area contributed by atoms with E-state index in [4.69, 9.17) is 4.74 Å². The van der Waals surface area contributed by atoms with Gasteiger partial charge in [0.2, 0.25) is 0 Å². The van der Waals surface area contributed by atoms with E-state index < -0.39 is 0 Å². The molecule has 0 aromatic heterocycles. The number of halogens is 1. The SMILES string of the molecule is CNC(c1cc(C)cc(Br)c1)c1ccccc1OC(C)C. The number of rotatable bonds is 5. The lowest BCUT2D eigenvalue weighted by molar-refractivity contribution is 0.238. The van der Waals surface area contributed by atoms with E-state index in [2.05, 4.69) is 72.3 Å². The average Bonchev–Trinajstić information content (AvgIpc) is 2.40. The minimum absolute atomic E-state index is 0.108. The fourth-order valence-electron chi connectivity index (χ4n) is 2.51. The van der Waals surface area contributed by atoms with E-state index in [1.165, 1.54) is 11.1 Å². The number of nitrogens with one attached hydrogen (secondary N) is 1. The lowest BCUT2D eigenvalue weighted by atomic mass is 9.96. The predicted molar refractivity (Wildman–Crippen MR) is 92.0 cm³/mol. The van der Waals surface area contributed by atoms with E-state index in [1.807, 2.05) is 19.2 Å². The van der Waals surface area contributed by atoms with Gasteiger partial charge in [-0.1, -0.05) is 40.2 Å². The van der Waals surface area contributed by atoms with Gasteiger partial charge in [-0.25, -0.2) is 0 Å². The molecule has 1 unspecified atom stereocenters. The highest BCUT2D eigenvalue weighted by molar-refractivity contribution is 9.10. The van der Waals surface area contributed by atoms with Gasteiger partial charge < -0.3 is 10.1 Å².